The second kappa shape index (κ2) is 12.5. The Morgan fingerprint density at radius 1 is 1.18 bits per heavy atom. The SMILES string of the molecule is C#CN(C(=O)C(NC(=O)OC(C)(C)C)C(C)CC)C(C(=O)NCC(=O)OC)c1ccc(O)cc1. The van der Waals surface area contributed by atoms with Crippen molar-refractivity contribution in [1.29, 1.82) is 0 Å². The number of esters is 1. The first-order chi connectivity index (χ1) is 15.8. The van der Waals surface area contributed by atoms with Gasteiger partial charge in [-0.2, -0.15) is 0 Å². The van der Waals surface area contributed by atoms with Gasteiger partial charge in [0.05, 0.1) is 7.11 Å². The van der Waals surface area contributed by atoms with Gasteiger partial charge in [0.1, 0.15) is 30.0 Å². The molecule has 3 unspecified atom stereocenters. The number of alkyl carbamates (subject to hydrolysis) is 1. The topological polar surface area (TPSA) is 134 Å². The molecule has 3 N–H and O–H groups in total. The van der Waals surface area contributed by atoms with Gasteiger partial charge < -0.3 is 25.2 Å². The van der Waals surface area contributed by atoms with E-state index >= 15 is 0 Å². The van der Waals surface area contributed by atoms with Gasteiger partial charge in [-0.1, -0.05) is 38.8 Å². The van der Waals surface area contributed by atoms with E-state index in [1.165, 1.54) is 31.4 Å². The minimum absolute atomic E-state index is 0.0554. The monoisotopic (exact) mass is 475 g/mol. The molecule has 0 saturated heterocycles. The van der Waals surface area contributed by atoms with E-state index < -0.39 is 48.1 Å². The molecule has 34 heavy (non-hydrogen) atoms. The number of phenols is 1. The number of ether oxygens (including phenoxy) is 2. The molecule has 0 aliphatic carbocycles. The van der Waals surface area contributed by atoms with Gasteiger partial charge in [-0.25, -0.2) is 4.79 Å². The molecule has 0 saturated carbocycles. The molecular weight excluding hydrogens is 442 g/mol. The van der Waals surface area contributed by atoms with E-state index in [2.05, 4.69) is 21.4 Å². The van der Waals surface area contributed by atoms with Crippen LogP contribution in [-0.4, -0.2) is 59.2 Å². The van der Waals surface area contributed by atoms with Crippen molar-refractivity contribution in [3.8, 4) is 18.2 Å². The molecule has 0 heterocycles. The van der Waals surface area contributed by atoms with E-state index in [1.807, 2.05) is 6.92 Å². The maximum absolute atomic E-state index is 13.5. The highest BCUT2D eigenvalue weighted by Gasteiger charge is 2.37. The normalized spacial score (nSPS) is 13.4. The van der Waals surface area contributed by atoms with Gasteiger partial charge >= 0.3 is 12.1 Å². The summed E-state index contributed by atoms with van der Waals surface area (Å²) in [7, 11) is 1.17. The van der Waals surface area contributed by atoms with E-state index in [1.54, 1.807) is 27.7 Å². The summed E-state index contributed by atoms with van der Waals surface area (Å²) in [5, 5.41) is 14.6. The molecule has 0 bridgehead atoms. The zero-order chi connectivity index (χ0) is 26.1. The van der Waals surface area contributed by atoms with Gasteiger partial charge in [0.25, 0.3) is 5.91 Å². The Labute approximate surface area is 200 Å². The van der Waals surface area contributed by atoms with Crippen molar-refractivity contribution >= 4 is 23.9 Å². The highest BCUT2D eigenvalue weighted by molar-refractivity contribution is 5.94. The number of aromatic hydroxyl groups is 1. The summed E-state index contributed by atoms with van der Waals surface area (Å²) < 4.78 is 9.81. The Balaban J connectivity index is 3.36. The number of benzene rings is 1. The number of nitrogens with one attached hydrogen (secondary N) is 2. The summed E-state index contributed by atoms with van der Waals surface area (Å²) in [6.45, 7) is 8.21. The number of hydrogen-bond donors (Lipinski definition) is 3. The molecule has 3 atom stereocenters. The average Bonchev–Trinajstić information content (AvgIpc) is 2.77. The lowest BCUT2D eigenvalue weighted by molar-refractivity contribution is -0.143. The van der Waals surface area contributed by atoms with E-state index in [9.17, 15) is 24.3 Å². The molecule has 0 aliphatic rings. The lowest BCUT2D eigenvalue weighted by atomic mass is 9.96. The van der Waals surface area contributed by atoms with Crippen molar-refractivity contribution < 1.29 is 33.8 Å². The third-order valence-electron chi connectivity index (χ3n) is 4.88. The van der Waals surface area contributed by atoms with Gasteiger partial charge in [0.15, 0.2) is 0 Å². The van der Waals surface area contributed by atoms with Crippen LogP contribution in [0.5, 0.6) is 5.75 Å². The quantitative estimate of drug-likeness (QED) is 0.283. The maximum atomic E-state index is 13.5. The fourth-order valence-corrected chi connectivity index (χ4v) is 2.94. The molecule has 3 amide bonds. The van der Waals surface area contributed by atoms with Crippen LogP contribution in [-0.2, 0) is 23.9 Å². The largest absolute Gasteiger partial charge is 0.508 e. The van der Waals surface area contributed by atoms with E-state index in [0.29, 0.717) is 6.42 Å². The van der Waals surface area contributed by atoms with E-state index in [-0.39, 0.29) is 17.2 Å². The van der Waals surface area contributed by atoms with Crippen LogP contribution in [0.2, 0.25) is 0 Å². The van der Waals surface area contributed by atoms with Crippen molar-refractivity contribution in [2.75, 3.05) is 13.7 Å². The standard InChI is InChI=1S/C24H33N3O7/c1-8-15(3)19(26-23(32)34-24(4,5)6)22(31)27(9-2)20(16-10-12-17(28)13-11-16)21(30)25-14-18(29)33-7/h2,10-13,15,19-20,28H,8,14H2,1,3-7H3,(H,25,30)(H,26,32). The first kappa shape index (κ1) is 28.3. The third-order valence-corrected chi connectivity index (χ3v) is 4.88. The lowest BCUT2D eigenvalue weighted by Crippen LogP contribution is -2.54. The molecule has 186 valence electrons. The summed E-state index contributed by atoms with van der Waals surface area (Å²) >= 11 is 0. The molecule has 1 aromatic rings. The Morgan fingerprint density at radius 3 is 2.24 bits per heavy atom. The smallest absolute Gasteiger partial charge is 0.408 e. The van der Waals surface area contributed by atoms with Crippen LogP contribution in [0.25, 0.3) is 0 Å². The molecule has 1 aromatic carbocycles. The second-order valence-corrected chi connectivity index (χ2v) is 8.63. The van der Waals surface area contributed by atoms with Gasteiger partial charge in [0.2, 0.25) is 5.91 Å². The van der Waals surface area contributed by atoms with Gasteiger partial charge in [-0.15, -0.1) is 0 Å². The lowest BCUT2D eigenvalue weighted by Gasteiger charge is -2.32. The fourth-order valence-electron chi connectivity index (χ4n) is 2.94. The minimum atomic E-state index is -1.35. The number of amides is 3. The molecule has 10 nitrogen and oxygen atoms in total. The Morgan fingerprint density at radius 2 is 1.76 bits per heavy atom. The van der Waals surface area contributed by atoms with Gasteiger partial charge in [-0.3, -0.25) is 19.3 Å². The molecule has 0 radical (unpaired) electrons. The Bertz CT molecular complexity index is 916. The highest BCUT2D eigenvalue weighted by atomic mass is 16.6. The van der Waals surface area contributed by atoms with Crippen LogP contribution >= 0.6 is 0 Å². The van der Waals surface area contributed by atoms with Crippen molar-refractivity contribution in [2.24, 2.45) is 5.92 Å². The summed E-state index contributed by atoms with van der Waals surface area (Å²) in [6, 6.07) is 5.30. The minimum Gasteiger partial charge on any atom is -0.508 e. The number of carbonyl (C=O) groups excluding carboxylic acids is 4. The number of nitrogens with zero attached hydrogens (tertiary/aromatic N) is 1. The number of phenolic OH excluding ortho intramolecular Hbond substituents is 1. The predicted octanol–water partition coefficient (Wildman–Crippen LogP) is 2.08. The van der Waals surface area contributed by atoms with Crippen molar-refractivity contribution in [1.82, 2.24) is 15.5 Å². The fraction of sp³-hybridized carbons (Fsp3) is 0.500. The molecule has 10 heteroatoms. The second-order valence-electron chi connectivity index (χ2n) is 8.63. The van der Waals surface area contributed by atoms with Crippen LogP contribution in [0.4, 0.5) is 4.79 Å². The number of rotatable bonds is 9. The van der Waals surface area contributed by atoms with Crippen molar-refractivity contribution in [3.05, 3.63) is 29.8 Å². The zero-order valence-corrected chi connectivity index (χ0v) is 20.4. The van der Waals surface area contributed by atoms with E-state index in [0.717, 1.165) is 4.90 Å². The summed E-state index contributed by atoms with van der Waals surface area (Å²) in [5.41, 5.74) is -0.506. The van der Waals surface area contributed by atoms with Gasteiger partial charge in [0, 0.05) is 6.04 Å². The Kier molecular flexibility index (Phi) is 10.4. The molecule has 0 fully saturated rings. The van der Waals surface area contributed by atoms with E-state index in [4.69, 9.17) is 11.2 Å². The van der Waals surface area contributed by atoms with Crippen LogP contribution in [0, 0.1) is 18.4 Å². The molecule has 0 aromatic heterocycles. The van der Waals surface area contributed by atoms with Crippen LogP contribution < -0.4 is 10.6 Å². The first-order valence-corrected chi connectivity index (χ1v) is 10.8. The van der Waals surface area contributed by atoms with Crippen molar-refractivity contribution in [2.45, 2.75) is 58.7 Å². The molecule has 0 aliphatic heterocycles. The third kappa shape index (κ3) is 8.31. The average molecular weight is 476 g/mol. The van der Waals surface area contributed by atoms with Gasteiger partial charge in [-0.05, 0) is 44.4 Å². The molecule has 1 rings (SSSR count). The summed E-state index contributed by atoms with van der Waals surface area (Å²) in [6.07, 6.45) is 5.37. The maximum Gasteiger partial charge on any atom is 0.408 e. The number of terminal acetylenes is 1. The highest BCUT2D eigenvalue weighted by Crippen LogP contribution is 2.25. The number of methoxy groups -OCH3 is 1. The van der Waals surface area contributed by atoms with Crippen molar-refractivity contribution in [3.63, 3.8) is 0 Å². The number of hydrogen-bond acceptors (Lipinski definition) is 7. The molecular formula is C24H33N3O7. The molecule has 0 spiro atoms. The predicted molar refractivity (Wildman–Crippen MR) is 124 cm³/mol. The van der Waals surface area contributed by atoms with Crippen LogP contribution in [0.1, 0.15) is 52.6 Å². The van der Waals surface area contributed by atoms with Crippen LogP contribution in [0.3, 0.4) is 0 Å². The van der Waals surface area contributed by atoms with Crippen LogP contribution in [0.15, 0.2) is 24.3 Å². The Hall–Kier alpha value is -3.74. The first-order valence-electron chi connectivity index (χ1n) is 10.8. The summed E-state index contributed by atoms with van der Waals surface area (Å²) in [4.78, 5) is 51.4. The zero-order valence-electron chi connectivity index (χ0n) is 20.4. The summed E-state index contributed by atoms with van der Waals surface area (Å²) in [5.74, 6) is -2.56. The number of carbonyl (C=O) groups is 4.